The lowest BCUT2D eigenvalue weighted by Gasteiger charge is -2.46. The van der Waals surface area contributed by atoms with Crippen molar-refractivity contribution >= 4 is 35.0 Å². The summed E-state index contributed by atoms with van der Waals surface area (Å²) in [6, 6.07) is 8.53. The second-order valence-corrected chi connectivity index (χ2v) is 6.94. The number of pyridine rings is 1. The number of carbonyl (C=O) groups is 2. The number of anilines is 1. The van der Waals surface area contributed by atoms with Gasteiger partial charge in [0, 0.05) is 31.9 Å². The number of nitro groups is 1. The predicted octanol–water partition coefficient (Wildman–Crippen LogP) is 2.16. The Hall–Kier alpha value is -2.84. The van der Waals surface area contributed by atoms with Crippen LogP contribution in [0.2, 0.25) is 5.15 Å². The van der Waals surface area contributed by atoms with E-state index in [1.807, 2.05) is 34.1 Å². The van der Waals surface area contributed by atoms with Crippen LogP contribution in [0.3, 0.4) is 0 Å². The van der Waals surface area contributed by atoms with Gasteiger partial charge >= 0.3 is 5.69 Å². The molecule has 0 amide bonds. The SMILES string of the molecule is O=CC(=O)C1c2ccccc2CN1C1CN(c2ccnc(Cl)c2[N+](=O)[O-])C1. The van der Waals surface area contributed by atoms with E-state index in [0.29, 0.717) is 31.6 Å². The smallest absolute Gasteiger partial charge is 0.329 e. The van der Waals surface area contributed by atoms with Crippen LogP contribution in [0, 0.1) is 10.1 Å². The largest absolute Gasteiger partial charge is 0.363 e. The third-order valence-corrected chi connectivity index (χ3v) is 5.41. The van der Waals surface area contributed by atoms with Crippen LogP contribution in [0.1, 0.15) is 17.2 Å². The van der Waals surface area contributed by atoms with Crippen LogP contribution >= 0.6 is 11.6 Å². The van der Waals surface area contributed by atoms with E-state index in [0.717, 1.165) is 11.1 Å². The molecule has 8 nitrogen and oxygen atoms in total. The first kappa shape index (κ1) is 17.6. The molecule has 1 aromatic heterocycles. The fourth-order valence-corrected chi connectivity index (χ4v) is 4.06. The van der Waals surface area contributed by atoms with Crippen molar-refractivity contribution in [1.82, 2.24) is 9.88 Å². The molecule has 0 bridgehead atoms. The van der Waals surface area contributed by atoms with Gasteiger partial charge < -0.3 is 4.90 Å². The summed E-state index contributed by atoms with van der Waals surface area (Å²) in [4.78, 5) is 41.7. The Morgan fingerprint density at radius 3 is 2.74 bits per heavy atom. The monoisotopic (exact) mass is 386 g/mol. The molecule has 2 aromatic rings. The van der Waals surface area contributed by atoms with E-state index in [-0.39, 0.29) is 16.9 Å². The van der Waals surface area contributed by atoms with Gasteiger partial charge in [-0.15, -0.1) is 0 Å². The molecule has 1 saturated heterocycles. The number of benzene rings is 1. The number of hydrogen-bond donors (Lipinski definition) is 0. The third kappa shape index (κ3) is 2.87. The number of rotatable bonds is 5. The van der Waals surface area contributed by atoms with E-state index in [2.05, 4.69) is 4.98 Å². The fourth-order valence-electron chi connectivity index (χ4n) is 3.84. The Morgan fingerprint density at radius 1 is 1.30 bits per heavy atom. The lowest BCUT2D eigenvalue weighted by atomic mass is 9.99. The molecule has 27 heavy (non-hydrogen) atoms. The normalized spacial score (nSPS) is 19.4. The molecular weight excluding hydrogens is 372 g/mol. The van der Waals surface area contributed by atoms with E-state index in [1.165, 1.54) is 6.20 Å². The molecule has 1 aromatic carbocycles. The second-order valence-electron chi connectivity index (χ2n) is 6.58. The van der Waals surface area contributed by atoms with Crippen LogP contribution in [0.25, 0.3) is 0 Å². The summed E-state index contributed by atoms with van der Waals surface area (Å²) in [5.41, 5.74) is 2.06. The van der Waals surface area contributed by atoms with Gasteiger partial charge in [-0.3, -0.25) is 24.6 Å². The van der Waals surface area contributed by atoms with Gasteiger partial charge in [0.25, 0.3) is 0 Å². The summed E-state index contributed by atoms with van der Waals surface area (Å²) >= 11 is 5.88. The molecule has 138 valence electrons. The van der Waals surface area contributed by atoms with Crippen LogP contribution in [0.5, 0.6) is 0 Å². The summed E-state index contributed by atoms with van der Waals surface area (Å²) in [7, 11) is 0. The number of carbonyl (C=O) groups excluding carboxylic acids is 2. The molecule has 0 N–H and O–H groups in total. The molecule has 1 unspecified atom stereocenters. The summed E-state index contributed by atoms with van der Waals surface area (Å²) < 4.78 is 0. The Balaban J connectivity index is 1.57. The van der Waals surface area contributed by atoms with E-state index >= 15 is 0 Å². The van der Waals surface area contributed by atoms with Crippen molar-refractivity contribution in [3.8, 4) is 0 Å². The van der Waals surface area contributed by atoms with Crippen molar-refractivity contribution in [2.45, 2.75) is 18.6 Å². The van der Waals surface area contributed by atoms with Crippen LogP contribution < -0.4 is 4.90 Å². The molecule has 2 aliphatic heterocycles. The minimum Gasteiger partial charge on any atom is -0.363 e. The molecule has 2 aliphatic rings. The van der Waals surface area contributed by atoms with Crippen molar-refractivity contribution in [2.24, 2.45) is 0 Å². The maximum atomic E-state index is 12.2. The molecule has 1 atom stereocenters. The second kappa shape index (κ2) is 6.71. The maximum absolute atomic E-state index is 12.2. The molecule has 9 heteroatoms. The van der Waals surface area contributed by atoms with Gasteiger partial charge in [0.05, 0.1) is 4.92 Å². The number of aromatic nitrogens is 1. The highest BCUT2D eigenvalue weighted by Gasteiger charge is 2.44. The molecule has 4 rings (SSSR count). The van der Waals surface area contributed by atoms with Crippen LogP contribution in [0.4, 0.5) is 11.4 Å². The van der Waals surface area contributed by atoms with Crippen molar-refractivity contribution in [3.05, 3.63) is 62.9 Å². The number of halogens is 1. The van der Waals surface area contributed by atoms with E-state index < -0.39 is 16.7 Å². The average molecular weight is 387 g/mol. The van der Waals surface area contributed by atoms with E-state index in [4.69, 9.17) is 11.6 Å². The Morgan fingerprint density at radius 2 is 2.04 bits per heavy atom. The molecule has 0 radical (unpaired) electrons. The first-order valence-corrected chi connectivity index (χ1v) is 8.75. The minimum atomic E-state index is -0.595. The third-order valence-electron chi connectivity index (χ3n) is 5.13. The first-order valence-electron chi connectivity index (χ1n) is 8.37. The summed E-state index contributed by atoms with van der Waals surface area (Å²) in [6.45, 7) is 1.56. The lowest BCUT2D eigenvalue weighted by molar-refractivity contribution is -0.384. The molecule has 0 saturated carbocycles. The van der Waals surface area contributed by atoms with Gasteiger partial charge in [-0.05, 0) is 17.2 Å². The van der Waals surface area contributed by atoms with Gasteiger partial charge in [-0.2, -0.15) is 0 Å². The number of fused-ring (bicyclic) bond motifs is 1. The maximum Gasteiger partial charge on any atom is 0.329 e. The van der Waals surface area contributed by atoms with Crippen molar-refractivity contribution < 1.29 is 14.5 Å². The topological polar surface area (TPSA) is 96.7 Å². The zero-order valence-electron chi connectivity index (χ0n) is 14.1. The van der Waals surface area contributed by atoms with Crippen molar-refractivity contribution in [2.75, 3.05) is 18.0 Å². The average Bonchev–Trinajstić information content (AvgIpc) is 2.98. The fraction of sp³-hybridized carbons (Fsp3) is 0.278. The van der Waals surface area contributed by atoms with Crippen molar-refractivity contribution in [1.29, 1.82) is 0 Å². The van der Waals surface area contributed by atoms with E-state index in [9.17, 15) is 19.7 Å². The quantitative estimate of drug-likeness (QED) is 0.255. The van der Waals surface area contributed by atoms with Gasteiger partial charge in [-0.1, -0.05) is 35.9 Å². The van der Waals surface area contributed by atoms with Crippen LogP contribution in [-0.2, 0) is 16.1 Å². The minimum absolute atomic E-state index is 0.00200. The zero-order chi connectivity index (χ0) is 19.1. The molecule has 1 fully saturated rings. The summed E-state index contributed by atoms with van der Waals surface area (Å²) in [6.07, 6.45) is 1.80. The first-order chi connectivity index (χ1) is 13.0. The molecule has 0 spiro atoms. The lowest BCUT2D eigenvalue weighted by Crippen LogP contribution is -2.59. The predicted molar refractivity (Wildman–Crippen MR) is 97.7 cm³/mol. The summed E-state index contributed by atoms with van der Waals surface area (Å²) in [5.74, 6) is -0.476. The van der Waals surface area contributed by atoms with Gasteiger partial charge in [0.2, 0.25) is 10.9 Å². The van der Waals surface area contributed by atoms with E-state index in [1.54, 1.807) is 6.07 Å². The van der Waals surface area contributed by atoms with Crippen molar-refractivity contribution in [3.63, 3.8) is 0 Å². The Bertz CT molecular complexity index is 945. The number of Topliss-reactive ketones (excluding diaryl/α,β-unsaturated/α-hetero) is 1. The highest BCUT2D eigenvalue weighted by Crippen LogP contribution is 2.41. The van der Waals surface area contributed by atoms with Crippen LogP contribution in [0.15, 0.2) is 36.5 Å². The zero-order valence-corrected chi connectivity index (χ0v) is 14.9. The number of ketones is 1. The highest BCUT2D eigenvalue weighted by molar-refractivity contribution is 6.32. The van der Waals surface area contributed by atoms with Gasteiger partial charge in [0.15, 0.2) is 6.29 Å². The number of nitrogens with zero attached hydrogens (tertiary/aromatic N) is 4. The molecule has 0 aliphatic carbocycles. The number of hydrogen-bond acceptors (Lipinski definition) is 7. The molecule has 3 heterocycles. The molecular formula is C18H15ClN4O4. The standard InChI is InChI=1S/C18H15ClN4O4/c19-18-17(23(26)27)14(5-6-20-18)21-8-12(9-21)22-7-11-3-1-2-4-13(11)16(22)15(25)10-24/h1-6,10,12,16H,7-9H2. The Labute approximate surface area is 159 Å². The summed E-state index contributed by atoms with van der Waals surface area (Å²) in [5, 5.41) is 11.2. The van der Waals surface area contributed by atoms with Gasteiger partial charge in [-0.25, -0.2) is 4.98 Å². The van der Waals surface area contributed by atoms with Crippen LogP contribution in [-0.4, -0.2) is 46.0 Å². The van der Waals surface area contributed by atoms with Gasteiger partial charge in [0.1, 0.15) is 11.7 Å². The number of aldehydes is 1. The highest BCUT2D eigenvalue weighted by atomic mass is 35.5. The Kier molecular flexibility index (Phi) is 4.37.